The second-order valence-corrected chi connectivity index (χ2v) is 7.65. The Morgan fingerprint density at radius 2 is 1.38 bits per heavy atom. The van der Waals surface area contributed by atoms with Gasteiger partial charge in [-0.05, 0) is 55.5 Å². The zero-order valence-corrected chi connectivity index (χ0v) is 17.8. The molecule has 3 aromatic carbocycles. The van der Waals surface area contributed by atoms with Crippen LogP contribution in [-0.4, -0.2) is 0 Å². The molecule has 0 amide bonds. The van der Waals surface area contributed by atoms with E-state index in [1.807, 2.05) is 12.1 Å². The molecule has 0 saturated heterocycles. The van der Waals surface area contributed by atoms with Gasteiger partial charge in [0.25, 0.3) is 0 Å². The molecule has 0 N–H and O–H groups in total. The van der Waals surface area contributed by atoms with E-state index >= 15 is 0 Å². The Morgan fingerprint density at radius 3 is 1.94 bits per heavy atom. The Kier molecular flexibility index (Phi) is 6.86. The molecule has 1 nitrogen and oxygen atoms in total. The van der Waals surface area contributed by atoms with Gasteiger partial charge in [-0.3, -0.25) is 0 Å². The monoisotopic (exact) mass is 452 g/mol. The van der Waals surface area contributed by atoms with Crippen molar-refractivity contribution in [1.82, 2.24) is 0 Å². The van der Waals surface area contributed by atoms with Gasteiger partial charge < -0.3 is 4.74 Å². The molecule has 0 saturated carbocycles. The van der Waals surface area contributed by atoms with Crippen LogP contribution in [0, 0.1) is 37.1 Å². The summed E-state index contributed by atoms with van der Waals surface area (Å²) in [6.45, 7) is 4.30. The molecule has 170 valence electrons. The number of hydrogen-bond donors (Lipinski definition) is 0. The predicted molar refractivity (Wildman–Crippen MR) is 111 cm³/mol. The van der Waals surface area contributed by atoms with Crippen LogP contribution in [0.2, 0.25) is 0 Å². The summed E-state index contributed by atoms with van der Waals surface area (Å²) < 4.78 is 90.8. The second kappa shape index (κ2) is 9.27. The van der Waals surface area contributed by atoms with Crippen molar-refractivity contribution in [3.63, 3.8) is 0 Å². The van der Waals surface area contributed by atoms with Crippen LogP contribution in [0.15, 0.2) is 42.5 Å². The lowest BCUT2D eigenvalue weighted by molar-refractivity contribution is -0.190. The highest BCUT2D eigenvalue weighted by Gasteiger charge is 2.42. The first kappa shape index (κ1) is 23.7. The van der Waals surface area contributed by atoms with Gasteiger partial charge in [-0.15, -0.1) is 0 Å². The highest BCUT2D eigenvalue weighted by atomic mass is 19.3. The molecule has 0 unspecified atom stereocenters. The van der Waals surface area contributed by atoms with Crippen LogP contribution >= 0.6 is 0 Å². The molecule has 7 heteroatoms. The van der Waals surface area contributed by atoms with E-state index in [0.29, 0.717) is 11.6 Å². The normalized spacial score (nSPS) is 11.7. The third kappa shape index (κ3) is 4.76. The van der Waals surface area contributed by atoms with Crippen molar-refractivity contribution < 1.29 is 31.1 Å². The Morgan fingerprint density at radius 1 is 0.781 bits per heavy atom. The molecule has 3 aromatic rings. The van der Waals surface area contributed by atoms with Crippen molar-refractivity contribution >= 4 is 0 Å². The Bertz CT molecular complexity index is 1100. The lowest BCUT2D eigenvalue weighted by Crippen LogP contribution is -2.26. The SMILES string of the molecule is CCCCc1ccc(-c2cc(F)c(C(F)(F)Oc3cc(F)c(C)c(F)c3C)c(F)c2)cc1. The number of hydrogen-bond acceptors (Lipinski definition) is 1. The molecule has 0 aliphatic heterocycles. The Balaban J connectivity index is 1.93. The predicted octanol–water partition coefficient (Wildman–Crippen LogP) is 8.00. The summed E-state index contributed by atoms with van der Waals surface area (Å²) in [7, 11) is 0. The smallest absolute Gasteiger partial charge is 0.428 e. The highest BCUT2D eigenvalue weighted by molar-refractivity contribution is 5.64. The third-order valence-corrected chi connectivity index (χ3v) is 5.32. The molecular weight excluding hydrogens is 430 g/mol. The second-order valence-electron chi connectivity index (χ2n) is 7.65. The van der Waals surface area contributed by atoms with Crippen molar-refractivity contribution in [3.8, 4) is 16.9 Å². The summed E-state index contributed by atoms with van der Waals surface area (Å²) in [5.41, 5.74) is -0.824. The zero-order valence-electron chi connectivity index (χ0n) is 17.8. The average molecular weight is 452 g/mol. The van der Waals surface area contributed by atoms with Gasteiger partial charge in [0, 0.05) is 17.2 Å². The van der Waals surface area contributed by atoms with Gasteiger partial charge in [-0.2, -0.15) is 8.78 Å². The molecule has 0 aromatic heterocycles. The molecule has 0 heterocycles. The fraction of sp³-hybridized carbons (Fsp3) is 0.280. The summed E-state index contributed by atoms with van der Waals surface area (Å²) in [4.78, 5) is 0. The van der Waals surface area contributed by atoms with Crippen molar-refractivity contribution in [1.29, 1.82) is 0 Å². The molecular formula is C25H22F6O. The summed E-state index contributed by atoms with van der Waals surface area (Å²) in [6.07, 6.45) is -1.62. The molecule has 0 spiro atoms. The minimum absolute atomic E-state index is 0.0743. The topological polar surface area (TPSA) is 9.23 Å². The lowest BCUT2D eigenvalue weighted by atomic mass is 9.99. The number of unbranched alkanes of at least 4 members (excludes halogenated alkanes) is 1. The van der Waals surface area contributed by atoms with E-state index in [0.717, 1.165) is 50.8 Å². The van der Waals surface area contributed by atoms with Crippen LogP contribution in [-0.2, 0) is 12.5 Å². The summed E-state index contributed by atoms with van der Waals surface area (Å²) in [6, 6.07) is 9.07. The van der Waals surface area contributed by atoms with E-state index < -0.39 is 46.3 Å². The van der Waals surface area contributed by atoms with Crippen molar-refractivity contribution in [3.05, 3.63) is 88.0 Å². The van der Waals surface area contributed by atoms with E-state index in [1.165, 1.54) is 0 Å². The van der Waals surface area contributed by atoms with Gasteiger partial charge in [0.05, 0.1) is 0 Å². The first-order valence-electron chi connectivity index (χ1n) is 10.2. The quantitative estimate of drug-likeness (QED) is 0.330. The van der Waals surface area contributed by atoms with Gasteiger partial charge in [0.15, 0.2) is 0 Å². The van der Waals surface area contributed by atoms with Gasteiger partial charge in [0.1, 0.15) is 34.6 Å². The van der Waals surface area contributed by atoms with Gasteiger partial charge in [-0.1, -0.05) is 37.6 Å². The zero-order chi connectivity index (χ0) is 23.6. The van der Waals surface area contributed by atoms with Crippen molar-refractivity contribution in [2.75, 3.05) is 0 Å². The molecule has 0 bridgehead atoms. The summed E-state index contributed by atoms with van der Waals surface area (Å²) >= 11 is 0. The Hall–Kier alpha value is -2.96. The number of alkyl halides is 2. The number of halogens is 6. The molecule has 0 radical (unpaired) electrons. The number of ether oxygens (including phenoxy) is 1. The van der Waals surface area contributed by atoms with E-state index in [9.17, 15) is 26.3 Å². The minimum atomic E-state index is -4.50. The van der Waals surface area contributed by atoms with E-state index in [2.05, 4.69) is 11.7 Å². The van der Waals surface area contributed by atoms with E-state index in [1.54, 1.807) is 12.1 Å². The first-order valence-corrected chi connectivity index (χ1v) is 10.2. The van der Waals surface area contributed by atoms with Crippen LogP contribution < -0.4 is 4.74 Å². The maximum Gasteiger partial charge on any atom is 0.432 e. The van der Waals surface area contributed by atoms with Gasteiger partial charge >= 0.3 is 6.11 Å². The number of benzene rings is 3. The van der Waals surface area contributed by atoms with E-state index in [-0.39, 0.29) is 11.1 Å². The summed E-state index contributed by atoms with van der Waals surface area (Å²) in [5, 5.41) is 0. The minimum Gasteiger partial charge on any atom is -0.428 e. The van der Waals surface area contributed by atoms with Crippen LogP contribution in [0.5, 0.6) is 5.75 Å². The van der Waals surface area contributed by atoms with Crippen LogP contribution in [0.1, 0.15) is 42.0 Å². The average Bonchev–Trinajstić information content (AvgIpc) is 2.74. The third-order valence-electron chi connectivity index (χ3n) is 5.32. The molecule has 0 atom stereocenters. The standard InChI is InChI=1S/C25H22F6O/c1-4-5-6-16-7-9-17(10-8-16)18-11-20(27)23(21(28)12-18)25(30,31)32-22-13-19(26)14(2)24(29)15(22)3/h7-13H,4-6H2,1-3H3. The first-order chi connectivity index (χ1) is 15.0. The van der Waals surface area contributed by atoms with Gasteiger partial charge in [0.2, 0.25) is 0 Å². The molecule has 32 heavy (non-hydrogen) atoms. The Labute approximate surface area is 182 Å². The summed E-state index contributed by atoms with van der Waals surface area (Å²) in [5.74, 6) is -6.11. The number of rotatable bonds is 7. The van der Waals surface area contributed by atoms with E-state index in [4.69, 9.17) is 0 Å². The maximum atomic E-state index is 14.7. The maximum absolute atomic E-state index is 14.7. The molecule has 3 rings (SSSR count). The highest BCUT2D eigenvalue weighted by Crippen LogP contribution is 2.39. The molecule has 0 fully saturated rings. The molecule has 0 aliphatic carbocycles. The number of aryl methyl sites for hydroxylation is 1. The molecule has 0 aliphatic rings. The van der Waals surface area contributed by atoms with Crippen LogP contribution in [0.3, 0.4) is 0 Å². The fourth-order valence-electron chi connectivity index (χ4n) is 3.38. The van der Waals surface area contributed by atoms with Crippen LogP contribution in [0.25, 0.3) is 11.1 Å². The van der Waals surface area contributed by atoms with Gasteiger partial charge in [-0.25, -0.2) is 17.6 Å². The van der Waals surface area contributed by atoms with Crippen molar-refractivity contribution in [2.24, 2.45) is 0 Å². The fourth-order valence-corrected chi connectivity index (χ4v) is 3.38. The van der Waals surface area contributed by atoms with Crippen LogP contribution in [0.4, 0.5) is 26.3 Å². The van der Waals surface area contributed by atoms with Crippen molar-refractivity contribution in [2.45, 2.75) is 46.1 Å². The largest absolute Gasteiger partial charge is 0.432 e. The lowest BCUT2D eigenvalue weighted by Gasteiger charge is -2.21.